The zero-order valence-electron chi connectivity index (χ0n) is 19.6. The fourth-order valence-corrected chi connectivity index (χ4v) is 3.20. The number of halogens is 3. The number of ether oxygens (including phenoxy) is 1. The van der Waals surface area contributed by atoms with Gasteiger partial charge in [-0.15, -0.1) is 0 Å². The lowest BCUT2D eigenvalue weighted by Crippen LogP contribution is -2.32. The van der Waals surface area contributed by atoms with Gasteiger partial charge in [0.05, 0.1) is 17.5 Å². The molecule has 0 unspecified atom stereocenters. The van der Waals surface area contributed by atoms with E-state index in [9.17, 15) is 27.6 Å². The van der Waals surface area contributed by atoms with Gasteiger partial charge in [-0.1, -0.05) is 49.4 Å². The molecule has 3 amide bonds. The van der Waals surface area contributed by atoms with Crippen LogP contribution in [-0.2, 0) is 27.0 Å². The fraction of sp³-hybridized carbons (Fsp3) is 0.154. The van der Waals surface area contributed by atoms with E-state index in [1.165, 1.54) is 30.5 Å². The van der Waals surface area contributed by atoms with Crippen molar-refractivity contribution in [1.82, 2.24) is 5.43 Å². The summed E-state index contributed by atoms with van der Waals surface area (Å²) in [5, 5.41) is 8.46. The smallest absolute Gasteiger partial charge is 0.418 e. The van der Waals surface area contributed by atoms with Gasteiger partial charge in [0.15, 0.2) is 6.61 Å². The maximum atomic E-state index is 13.1. The SMILES string of the molecule is CCc1ccccc1NC(=O)C(=O)N/N=C\c1cccc(OCC(=O)Nc2ccccc2C(F)(F)F)c1. The minimum atomic E-state index is -4.62. The zero-order chi connectivity index (χ0) is 26.8. The van der Waals surface area contributed by atoms with Crippen molar-refractivity contribution in [3.63, 3.8) is 0 Å². The molecule has 0 bridgehead atoms. The zero-order valence-corrected chi connectivity index (χ0v) is 19.6. The monoisotopic (exact) mass is 512 g/mol. The first-order chi connectivity index (χ1) is 17.7. The Labute approximate surface area is 210 Å². The highest BCUT2D eigenvalue weighted by Crippen LogP contribution is 2.34. The van der Waals surface area contributed by atoms with E-state index in [2.05, 4.69) is 21.2 Å². The standard InChI is InChI=1S/C26H23F3N4O4/c1-2-18-9-3-5-12-21(18)32-24(35)25(36)33-30-15-17-8-7-10-19(14-17)37-16-23(34)31-22-13-6-4-11-20(22)26(27,28)29/h3-15H,2,16H2,1H3,(H,31,34)(H,32,35)(H,33,36)/b30-15-. The molecule has 0 saturated heterocycles. The minimum absolute atomic E-state index is 0.239. The lowest BCUT2D eigenvalue weighted by Gasteiger charge is -2.13. The predicted molar refractivity (Wildman–Crippen MR) is 132 cm³/mol. The number of carbonyl (C=O) groups excluding carboxylic acids is 3. The lowest BCUT2D eigenvalue weighted by atomic mass is 10.1. The van der Waals surface area contributed by atoms with E-state index in [1.807, 2.05) is 19.1 Å². The third-order valence-electron chi connectivity index (χ3n) is 4.97. The number of para-hydroxylation sites is 2. The van der Waals surface area contributed by atoms with Gasteiger partial charge in [-0.25, -0.2) is 5.43 Å². The van der Waals surface area contributed by atoms with Crippen molar-refractivity contribution in [2.24, 2.45) is 5.10 Å². The highest BCUT2D eigenvalue weighted by Gasteiger charge is 2.33. The molecule has 0 fully saturated rings. The van der Waals surface area contributed by atoms with Crippen molar-refractivity contribution in [3.05, 3.63) is 89.5 Å². The number of benzene rings is 3. The number of nitrogens with one attached hydrogen (secondary N) is 3. The second kappa shape index (κ2) is 12.3. The molecule has 0 aliphatic rings. The molecular formula is C26H23F3N4O4. The van der Waals surface area contributed by atoms with Crippen molar-refractivity contribution in [1.29, 1.82) is 0 Å². The predicted octanol–water partition coefficient (Wildman–Crippen LogP) is 4.37. The third-order valence-corrected chi connectivity index (χ3v) is 4.97. The van der Waals surface area contributed by atoms with Gasteiger partial charge in [0.2, 0.25) is 0 Å². The number of rotatable bonds is 8. The Morgan fingerprint density at radius 3 is 2.32 bits per heavy atom. The molecule has 3 rings (SSSR count). The van der Waals surface area contributed by atoms with Crippen LogP contribution in [0.2, 0.25) is 0 Å². The van der Waals surface area contributed by atoms with Crippen molar-refractivity contribution >= 4 is 35.3 Å². The molecule has 0 heterocycles. The summed E-state index contributed by atoms with van der Waals surface area (Å²) in [6.07, 6.45) is -2.68. The molecule has 37 heavy (non-hydrogen) atoms. The maximum absolute atomic E-state index is 13.1. The van der Waals surface area contributed by atoms with Gasteiger partial charge in [-0.2, -0.15) is 18.3 Å². The van der Waals surface area contributed by atoms with Crippen LogP contribution in [-0.4, -0.2) is 30.5 Å². The Morgan fingerprint density at radius 2 is 1.59 bits per heavy atom. The number of hydrogen-bond donors (Lipinski definition) is 3. The van der Waals surface area contributed by atoms with Crippen LogP contribution in [0.4, 0.5) is 24.5 Å². The first kappa shape index (κ1) is 26.9. The summed E-state index contributed by atoms with van der Waals surface area (Å²) in [5.41, 5.74) is 2.67. The highest BCUT2D eigenvalue weighted by molar-refractivity contribution is 6.39. The molecule has 3 aromatic rings. The second-order valence-corrected chi connectivity index (χ2v) is 7.62. The number of anilines is 2. The number of alkyl halides is 3. The summed E-state index contributed by atoms with van der Waals surface area (Å²) in [6, 6.07) is 17.9. The number of carbonyl (C=O) groups is 3. The summed E-state index contributed by atoms with van der Waals surface area (Å²) in [5.74, 6) is -2.39. The van der Waals surface area contributed by atoms with Gasteiger partial charge in [-0.3, -0.25) is 14.4 Å². The van der Waals surface area contributed by atoms with Crippen molar-refractivity contribution in [2.45, 2.75) is 19.5 Å². The normalized spacial score (nSPS) is 11.1. The summed E-state index contributed by atoms with van der Waals surface area (Å²) < 4.78 is 44.6. The number of aryl methyl sites for hydroxylation is 1. The molecule has 0 aliphatic carbocycles. The molecule has 8 nitrogen and oxygen atoms in total. The van der Waals surface area contributed by atoms with Crippen LogP contribution in [0.5, 0.6) is 5.75 Å². The van der Waals surface area contributed by atoms with Crippen LogP contribution in [0.15, 0.2) is 77.9 Å². The van der Waals surface area contributed by atoms with Crippen LogP contribution in [0, 0.1) is 0 Å². The van der Waals surface area contributed by atoms with E-state index in [1.54, 1.807) is 24.3 Å². The Morgan fingerprint density at radius 1 is 0.892 bits per heavy atom. The van der Waals surface area contributed by atoms with Crippen LogP contribution in [0.25, 0.3) is 0 Å². The third kappa shape index (κ3) is 7.92. The summed E-state index contributed by atoms with van der Waals surface area (Å²) in [6.45, 7) is 1.38. The topological polar surface area (TPSA) is 109 Å². The second-order valence-electron chi connectivity index (χ2n) is 7.62. The molecule has 0 radical (unpaired) electrons. The summed E-state index contributed by atoms with van der Waals surface area (Å²) >= 11 is 0. The van der Waals surface area contributed by atoms with E-state index in [0.29, 0.717) is 17.7 Å². The van der Waals surface area contributed by atoms with Gasteiger partial charge >= 0.3 is 18.0 Å². The van der Waals surface area contributed by atoms with E-state index in [0.717, 1.165) is 17.7 Å². The minimum Gasteiger partial charge on any atom is -0.484 e. The molecule has 0 aliphatic heterocycles. The highest BCUT2D eigenvalue weighted by atomic mass is 19.4. The van der Waals surface area contributed by atoms with Crippen LogP contribution in [0.1, 0.15) is 23.6 Å². The maximum Gasteiger partial charge on any atom is 0.418 e. The van der Waals surface area contributed by atoms with Crippen LogP contribution >= 0.6 is 0 Å². The fourth-order valence-electron chi connectivity index (χ4n) is 3.20. The summed E-state index contributed by atoms with van der Waals surface area (Å²) in [4.78, 5) is 36.3. The average molecular weight is 512 g/mol. The number of hydrazone groups is 1. The molecular weight excluding hydrogens is 489 g/mol. The Balaban J connectivity index is 1.52. The van der Waals surface area contributed by atoms with Crippen LogP contribution < -0.4 is 20.8 Å². The van der Waals surface area contributed by atoms with Crippen molar-refractivity contribution in [3.8, 4) is 5.75 Å². The number of amides is 3. The van der Waals surface area contributed by atoms with E-state index >= 15 is 0 Å². The quantitative estimate of drug-likeness (QED) is 0.237. The molecule has 11 heteroatoms. The Bertz CT molecular complexity index is 1310. The molecule has 0 aromatic heterocycles. The van der Waals surface area contributed by atoms with E-state index in [4.69, 9.17) is 4.74 Å². The van der Waals surface area contributed by atoms with Gasteiger partial charge in [0.1, 0.15) is 5.75 Å². The largest absolute Gasteiger partial charge is 0.484 e. The summed E-state index contributed by atoms with van der Waals surface area (Å²) in [7, 11) is 0. The lowest BCUT2D eigenvalue weighted by molar-refractivity contribution is -0.137. The first-order valence-corrected chi connectivity index (χ1v) is 11.1. The Hall–Kier alpha value is -4.67. The van der Waals surface area contributed by atoms with Gasteiger partial charge in [0.25, 0.3) is 5.91 Å². The molecule has 0 saturated carbocycles. The van der Waals surface area contributed by atoms with Gasteiger partial charge in [0, 0.05) is 5.69 Å². The molecule has 192 valence electrons. The Kier molecular flexibility index (Phi) is 8.98. The van der Waals surface area contributed by atoms with Crippen molar-refractivity contribution < 1.29 is 32.3 Å². The first-order valence-electron chi connectivity index (χ1n) is 11.1. The molecule has 0 spiro atoms. The number of nitrogens with zero attached hydrogens (tertiary/aromatic N) is 1. The van der Waals surface area contributed by atoms with E-state index in [-0.39, 0.29) is 11.4 Å². The van der Waals surface area contributed by atoms with E-state index < -0.39 is 36.1 Å². The van der Waals surface area contributed by atoms with Crippen molar-refractivity contribution in [2.75, 3.05) is 17.2 Å². The van der Waals surface area contributed by atoms with Gasteiger partial charge < -0.3 is 15.4 Å². The average Bonchev–Trinajstić information content (AvgIpc) is 2.87. The number of hydrogen-bond acceptors (Lipinski definition) is 5. The molecule has 3 N–H and O–H groups in total. The molecule has 3 aromatic carbocycles. The van der Waals surface area contributed by atoms with Crippen LogP contribution in [0.3, 0.4) is 0 Å². The molecule has 0 atom stereocenters. The van der Waals surface area contributed by atoms with Gasteiger partial charge in [-0.05, 0) is 47.9 Å².